The SMILES string of the molecule is NC(=O)CCC1CCCN(Cc2nc(-c3ccc(Br)s3)no2)C1. The van der Waals surface area contributed by atoms with Crippen molar-refractivity contribution in [2.45, 2.75) is 32.2 Å². The van der Waals surface area contributed by atoms with E-state index in [0.717, 1.165) is 41.0 Å². The number of halogens is 1. The Kier molecular flexibility index (Phi) is 5.45. The van der Waals surface area contributed by atoms with Gasteiger partial charge < -0.3 is 10.3 Å². The lowest BCUT2D eigenvalue weighted by Gasteiger charge is -2.31. The van der Waals surface area contributed by atoms with Crippen molar-refractivity contribution >= 4 is 33.2 Å². The number of amides is 1. The summed E-state index contributed by atoms with van der Waals surface area (Å²) in [6.45, 7) is 2.64. The van der Waals surface area contributed by atoms with Gasteiger partial charge in [0, 0.05) is 13.0 Å². The molecule has 0 spiro atoms. The number of primary amides is 1. The maximum atomic E-state index is 10.9. The number of rotatable bonds is 6. The number of aromatic nitrogens is 2. The van der Waals surface area contributed by atoms with E-state index < -0.39 is 0 Å². The summed E-state index contributed by atoms with van der Waals surface area (Å²) in [5.41, 5.74) is 5.24. The minimum Gasteiger partial charge on any atom is -0.370 e. The van der Waals surface area contributed by atoms with E-state index in [9.17, 15) is 4.79 Å². The third kappa shape index (κ3) is 4.62. The van der Waals surface area contributed by atoms with Crippen LogP contribution in [0.4, 0.5) is 0 Å². The second-order valence-corrected chi connectivity index (χ2v) is 8.33. The van der Waals surface area contributed by atoms with Gasteiger partial charge in [0.1, 0.15) is 0 Å². The molecule has 0 radical (unpaired) electrons. The molecule has 1 atom stereocenters. The molecule has 3 heterocycles. The first-order valence-electron chi connectivity index (χ1n) is 7.69. The molecular weight excluding hydrogens is 380 g/mol. The summed E-state index contributed by atoms with van der Waals surface area (Å²) in [7, 11) is 0. The van der Waals surface area contributed by atoms with Gasteiger partial charge in [0.15, 0.2) is 0 Å². The van der Waals surface area contributed by atoms with Crippen molar-refractivity contribution in [3.8, 4) is 10.7 Å². The minimum atomic E-state index is -0.217. The van der Waals surface area contributed by atoms with Gasteiger partial charge in [-0.25, -0.2) is 0 Å². The van der Waals surface area contributed by atoms with E-state index in [2.05, 4.69) is 31.0 Å². The normalized spacial score (nSPS) is 19.1. The molecule has 2 aromatic heterocycles. The number of thiophene rings is 1. The van der Waals surface area contributed by atoms with Gasteiger partial charge in [-0.1, -0.05) is 5.16 Å². The summed E-state index contributed by atoms with van der Waals surface area (Å²) in [5, 5.41) is 4.06. The molecule has 2 aromatic rings. The summed E-state index contributed by atoms with van der Waals surface area (Å²) >= 11 is 5.02. The highest BCUT2D eigenvalue weighted by molar-refractivity contribution is 9.11. The van der Waals surface area contributed by atoms with Crippen LogP contribution in [0.1, 0.15) is 31.6 Å². The molecule has 3 rings (SSSR count). The topological polar surface area (TPSA) is 85.3 Å². The summed E-state index contributed by atoms with van der Waals surface area (Å²) in [6, 6.07) is 3.95. The van der Waals surface area contributed by atoms with Gasteiger partial charge in [-0.05, 0) is 59.8 Å². The van der Waals surface area contributed by atoms with Gasteiger partial charge in [-0.15, -0.1) is 11.3 Å². The molecule has 2 N–H and O–H groups in total. The van der Waals surface area contributed by atoms with Crippen LogP contribution < -0.4 is 5.73 Å². The Labute approximate surface area is 147 Å². The number of hydrogen-bond donors (Lipinski definition) is 1. The average Bonchev–Trinajstić information content (AvgIpc) is 3.14. The third-order valence-corrected chi connectivity index (χ3v) is 5.64. The maximum Gasteiger partial charge on any atom is 0.241 e. The Hall–Kier alpha value is -1.25. The summed E-state index contributed by atoms with van der Waals surface area (Å²) in [5.74, 6) is 1.58. The molecule has 1 aliphatic rings. The van der Waals surface area contributed by atoms with Crippen LogP contribution >= 0.6 is 27.3 Å². The fraction of sp³-hybridized carbons (Fsp3) is 0.533. The Morgan fingerprint density at radius 1 is 1.52 bits per heavy atom. The van der Waals surface area contributed by atoms with E-state index in [1.54, 1.807) is 11.3 Å². The molecule has 1 unspecified atom stereocenters. The minimum absolute atomic E-state index is 0.217. The highest BCUT2D eigenvalue weighted by atomic mass is 79.9. The first-order valence-corrected chi connectivity index (χ1v) is 9.30. The summed E-state index contributed by atoms with van der Waals surface area (Å²) in [4.78, 5) is 18.7. The number of carbonyl (C=O) groups is 1. The smallest absolute Gasteiger partial charge is 0.241 e. The van der Waals surface area contributed by atoms with Crippen molar-refractivity contribution in [1.82, 2.24) is 15.0 Å². The van der Waals surface area contributed by atoms with Crippen LogP contribution in [0, 0.1) is 5.92 Å². The van der Waals surface area contributed by atoms with Crippen LogP contribution in [0.3, 0.4) is 0 Å². The van der Waals surface area contributed by atoms with Crippen LogP contribution in [-0.2, 0) is 11.3 Å². The number of likely N-dealkylation sites (tertiary alicyclic amines) is 1. The van der Waals surface area contributed by atoms with Crippen molar-refractivity contribution in [2.24, 2.45) is 11.7 Å². The highest BCUT2D eigenvalue weighted by Gasteiger charge is 2.22. The van der Waals surface area contributed by atoms with Crippen molar-refractivity contribution in [3.63, 3.8) is 0 Å². The van der Waals surface area contributed by atoms with Crippen LogP contribution in [0.5, 0.6) is 0 Å². The van der Waals surface area contributed by atoms with Crippen LogP contribution in [0.2, 0.25) is 0 Å². The van der Waals surface area contributed by atoms with Gasteiger partial charge in [0.2, 0.25) is 17.6 Å². The zero-order valence-electron chi connectivity index (χ0n) is 12.7. The summed E-state index contributed by atoms with van der Waals surface area (Å²) in [6.07, 6.45) is 3.62. The summed E-state index contributed by atoms with van der Waals surface area (Å²) < 4.78 is 6.43. The predicted octanol–water partition coefficient (Wildman–Crippen LogP) is 3.04. The molecule has 1 saturated heterocycles. The van der Waals surface area contributed by atoms with E-state index >= 15 is 0 Å². The standard InChI is InChI=1S/C15H19BrN4O2S/c16-12-5-4-11(23-12)15-18-14(22-19-15)9-20-7-1-2-10(8-20)3-6-13(17)21/h4-5,10H,1-3,6-9H2,(H2,17,21). The Balaban J connectivity index is 1.56. The molecular formula is C15H19BrN4O2S. The van der Waals surface area contributed by atoms with Crippen LogP contribution in [0.15, 0.2) is 20.4 Å². The molecule has 1 amide bonds. The number of hydrogen-bond acceptors (Lipinski definition) is 6. The molecule has 1 aliphatic heterocycles. The Morgan fingerprint density at radius 3 is 3.13 bits per heavy atom. The predicted molar refractivity (Wildman–Crippen MR) is 91.7 cm³/mol. The van der Waals surface area contributed by atoms with E-state index in [4.69, 9.17) is 10.3 Å². The molecule has 0 bridgehead atoms. The van der Waals surface area contributed by atoms with E-state index in [-0.39, 0.29) is 5.91 Å². The van der Waals surface area contributed by atoms with Crippen molar-refractivity contribution in [2.75, 3.05) is 13.1 Å². The first kappa shape index (κ1) is 16.6. The van der Waals surface area contributed by atoms with Gasteiger partial charge >= 0.3 is 0 Å². The molecule has 6 nitrogen and oxygen atoms in total. The first-order chi connectivity index (χ1) is 11.1. The number of carbonyl (C=O) groups excluding carboxylic acids is 1. The van der Waals surface area contributed by atoms with Crippen LogP contribution in [0.25, 0.3) is 10.7 Å². The van der Waals surface area contributed by atoms with E-state index in [1.165, 1.54) is 0 Å². The Bertz CT molecular complexity index is 672. The molecule has 8 heteroatoms. The monoisotopic (exact) mass is 398 g/mol. The fourth-order valence-electron chi connectivity index (χ4n) is 2.92. The van der Waals surface area contributed by atoms with Gasteiger partial charge in [-0.3, -0.25) is 9.69 Å². The largest absolute Gasteiger partial charge is 0.370 e. The maximum absolute atomic E-state index is 10.9. The highest BCUT2D eigenvalue weighted by Crippen LogP contribution is 2.29. The van der Waals surface area contributed by atoms with Crippen molar-refractivity contribution in [1.29, 1.82) is 0 Å². The third-order valence-electron chi connectivity index (χ3n) is 4.02. The Morgan fingerprint density at radius 2 is 2.39 bits per heavy atom. The number of nitrogens with zero attached hydrogens (tertiary/aromatic N) is 3. The second-order valence-electron chi connectivity index (χ2n) is 5.86. The lowest BCUT2D eigenvalue weighted by molar-refractivity contribution is -0.118. The van der Waals surface area contributed by atoms with Gasteiger partial charge in [0.05, 0.1) is 15.2 Å². The van der Waals surface area contributed by atoms with E-state index in [1.807, 2.05) is 12.1 Å². The number of nitrogens with two attached hydrogens (primary N) is 1. The molecule has 124 valence electrons. The lowest BCUT2D eigenvalue weighted by atomic mass is 9.93. The zero-order chi connectivity index (χ0) is 16.2. The van der Waals surface area contributed by atoms with Crippen LogP contribution in [-0.4, -0.2) is 34.0 Å². The average molecular weight is 399 g/mol. The fourth-order valence-corrected chi connectivity index (χ4v) is 4.23. The van der Waals surface area contributed by atoms with E-state index in [0.29, 0.717) is 30.6 Å². The second kappa shape index (κ2) is 7.55. The van der Waals surface area contributed by atoms with Gasteiger partial charge in [0.25, 0.3) is 0 Å². The zero-order valence-corrected chi connectivity index (χ0v) is 15.1. The molecule has 1 fully saturated rings. The molecule has 0 saturated carbocycles. The quantitative estimate of drug-likeness (QED) is 0.807. The van der Waals surface area contributed by atoms with Crippen molar-refractivity contribution < 1.29 is 9.32 Å². The van der Waals surface area contributed by atoms with Crippen molar-refractivity contribution in [3.05, 3.63) is 21.8 Å². The molecule has 0 aromatic carbocycles. The van der Waals surface area contributed by atoms with Gasteiger partial charge in [-0.2, -0.15) is 4.98 Å². The molecule has 0 aliphatic carbocycles. The number of piperidine rings is 1. The lowest BCUT2D eigenvalue weighted by Crippen LogP contribution is -2.35. The molecule has 23 heavy (non-hydrogen) atoms.